The van der Waals surface area contributed by atoms with Gasteiger partial charge in [-0.25, -0.2) is 0 Å². The first-order valence-electron chi connectivity index (χ1n) is 7.85. The molecule has 1 aliphatic heterocycles. The van der Waals surface area contributed by atoms with Gasteiger partial charge in [0.05, 0.1) is 13.2 Å². The van der Waals surface area contributed by atoms with Gasteiger partial charge in [0.1, 0.15) is 0 Å². The molecule has 0 aromatic heterocycles. The lowest BCUT2D eigenvalue weighted by Crippen LogP contribution is -2.47. The minimum atomic E-state index is 0.548. The van der Waals surface area contributed by atoms with Crippen molar-refractivity contribution in [3.8, 4) is 0 Å². The van der Waals surface area contributed by atoms with E-state index in [0.717, 1.165) is 31.7 Å². The zero-order chi connectivity index (χ0) is 12.8. The Labute approximate surface area is 112 Å². The Balaban J connectivity index is 1.67. The van der Waals surface area contributed by atoms with E-state index in [0.29, 0.717) is 12.1 Å². The van der Waals surface area contributed by atoms with Crippen molar-refractivity contribution in [1.29, 1.82) is 0 Å². The van der Waals surface area contributed by atoms with Crippen molar-refractivity contribution in [2.75, 3.05) is 19.8 Å². The van der Waals surface area contributed by atoms with E-state index in [1.54, 1.807) is 0 Å². The first-order valence-corrected chi connectivity index (χ1v) is 7.85. The molecule has 0 aromatic carbocycles. The van der Waals surface area contributed by atoms with Gasteiger partial charge in [-0.2, -0.15) is 0 Å². The van der Waals surface area contributed by atoms with Crippen LogP contribution in [0.25, 0.3) is 0 Å². The molecule has 1 saturated carbocycles. The fourth-order valence-corrected chi connectivity index (χ4v) is 3.48. The highest BCUT2D eigenvalue weighted by atomic mass is 16.5. The van der Waals surface area contributed by atoms with Crippen LogP contribution in [-0.2, 0) is 4.74 Å². The van der Waals surface area contributed by atoms with E-state index in [-0.39, 0.29) is 0 Å². The summed E-state index contributed by atoms with van der Waals surface area (Å²) in [6.07, 6.45) is 8.15. The van der Waals surface area contributed by atoms with Crippen LogP contribution >= 0.6 is 0 Å². The molecule has 0 bridgehead atoms. The van der Waals surface area contributed by atoms with E-state index >= 15 is 0 Å². The lowest BCUT2D eigenvalue weighted by atomic mass is 9.84. The third-order valence-corrected chi connectivity index (χ3v) is 4.52. The maximum Gasteiger partial charge on any atom is 0.0620 e. The molecular formula is C15H30N2O. The molecular weight excluding hydrogens is 224 g/mol. The van der Waals surface area contributed by atoms with Gasteiger partial charge in [-0.05, 0) is 32.1 Å². The van der Waals surface area contributed by atoms with Gasteiger partial charge in [-0.3, -0.25) is 0 Å². The van der Waals surface area contributed by atoms with Crippen LogP contribution < -0.4 is 10.6 Å². The van der Waals surface area contributed by atoms with Crippen LogP contribution in [0, 0.1) is 5.92 Å². The molecule has 1 aliphatic carbocycles. The molecule has 2 fully saturated rings. The van der Waals surface area contributed by atoms with E-state index in [4.69, 9.17) is 4.74 Å². The fourth-order valence-electron chi connectivity index (χ4n) is 3.48. The molecule has 4 atom stereocenters. The van der Waals surface area contributed by atoms with Gasteiger partial charge < -0.3 is 15.4 Å². The van der Waals surface area contributed by atoms with Crippen LogP contribution in [0.3, 0.4) is 0 Å². The second-order valence-electron chi connectivity index (χ2n) is 6.17. The second kappa shape index (κ2) is 7.46. The van der Waals surface area contributed by atoms with Gasteiger partial charge in [-0.1, -0.05) is 26.2 Å². The number of hydrogen-bond donors (Lipinski definition) is 2. The van der Waals surface area contributed by atoms with Gasteiger partial charge in [0, 0.05) is 24.7 Å². The standard InChI is InChI=1S/C15H30N2O/c1-3-13-5-4-6-14(10-13)17-12(2)9-15-11-18-8-7-16-15/h12-17H,3-11H2,1-2H3. The van der Waals surface area contributed by atoms with Crippen LogP contribution in [0.5, 0.6) is 0 Å². The number of hydrogen-bond acceptors (Lipinski definition) is 3. The van der Waals surface area contributed by atoms with Gasteiger partial charge in [0.25, 0.3) is 0 Å². The first-order chi connectivity index (χ1) is 8.78. The molecule has 18 heavy (non-hydrogen) atoms. The Morgan fingerprint density at radius 3 is 3.00 bits per heavy atom. The normalized spacial score (nSPS) is 35.3. The summed E-state index contributed by atoms with van der Waals surface area (Å²) < 4.78 is 5.52. The zero-order valence-corrected chi connectivity index (χ0v) is 12.1. The molecule has 1 heterocycles. The summed E-state index contributed by atoms with van der Waals surface area (Å²) in [5.74, 6) is 0.958. The molecule has 2 aliphatic rings. The molecule has 0 spiro atoms. The van der Waals surface area contributed by atoms with Crippen molar-refractivity contribution in [1.82, 2.24) is 10.6 Å². The predicted molar refractivity (Wildman–Crippen MR) is 75.9 cm³/mol. The highest BCUT2D eigenvalue weighted by molar-refractivity contribution is 4.82. The van der Waals surface area contributed by atoms with Gasteiger partial charge >= 0.3 is 0 Å². The number of ether oxygens (including phenoxy) is 1. The zero-order valence-electron chi connectivity index (χ0n) is 12.1. The van der Waals surface area contributed by atoms with Crippen LogP contribution in [-0.4, -0.2) is 37.9 Å². The smallest absolute Gasteiger partial charge is 0.0620 e. The molecule has 106 valence electrons. The Hall–Kier alpha value is -0.120. The summed E-state index contributed by atoms with van der Waals surface area (Å²) in [5, 5.41) is 7.38. The Bertz CT molecular complexity index is 229. The third-order valence-electron chi connectivity index (χ3n) is 4.52. The molecule has 3 nitrogen and oxygen atoms in total. The molecule has 0 aromatic rings. The number of morpholine rings is 1. The topological polar surface area (TPSA) is 33.3 Å². The van der Waals surface area contributed by atoms with Crippen molar-refractivity contribution in [2.45, 2.75) is 70.5 Å². The number of nitrogens with one attached hydrogen (secondary N) is 2. The fraction of sp³-hybridized carbons (Fsp3) is 1.00. The quantitative estimate of drug-likeness (QED) is 0.790. The average Bonchev–Trinajstić information content (AvgIpc) is 2.40. The van der Waals surface area contributed by atoms with E-state index < -0.39 is 0 Å². The molecule has 4 unspecified atom stereocenters. The summed E-state index contributed by atoms with van der Waals surface area (Å²) in [5.41, 5.74) is 0. The highest BCUT2D eigenvalue weighted by Gasteiger charge is 2.23. The molecule has 3 heteroatoms. The largest absolute Gasteiger partial charge is 0.379 e. The predicted octanol–water partition coefficient (Wildman–Crippen LogP) is 2.31. The molecule has 2 N–H and O–H groups in total. The Morgan fingerprint density at radius 1 is 1.39 bits per heavy atom. The Kier molecular flexibility index (Phi) is 5.93. The summed E-state index contributed by atoms with van der Waals surface area (Å²) in [7, 11) is 0. The SMILES string of the molecule is CCC1CCCC(NC(C)CC2COCCN2)C1. The second-order valence-corrected chi connectivity index (χ2v) is 6.17. The first kappa shape index (κ1) is 14.3. The summed E-state index contributed by atoms with van der Waals surface area (Å²) in [6, 6.07) is 1.90. The number of rotatable bonds is 5. The van der Waals surface area contributed by atoms with Crippen molar-refractivity contribution in [3.05, 3.63) is 0 Å². The van der Waals surface area contributed by atoms with E-state index in [2.05, 4.69) is 24.5 Å². The van der Waals surface area contributed by atoms with E-state index in [1.165, 1.54) is 38.5 Å². The maximum absolute atomic E-state index is 5.52. The van der Waals surface area contributed by atoms with Crippen LogP contribution in [0.4, 0.5) is 0 Å². The van der Waals surface area contributed by atoms with Crippen molar-refractivity contribution >= 4 is 0 Å². The lowest BCUT2D eigenvalue weighted by Gasteiger charge is -2.33. The minimum Gasteiger partial charge on any atom is -0.379 e. The van der Waals surface area contributed by atoms with Gasteiger partial charge in [0.15, 0.2) is 0 Å². The van der Waals surface area contributed by atoms with Gasteiger partial charge in [0.2, 0.25) is 0 Å². The van der Waals surface area contributed by atoms with Crippen LogP contribution in [0.1, 0.15) is 52.4 Å². The summed E-state index contributed by atoms with van der Waals surface area (Å²) in [4.78, 5) is 0. The average molecular weight is 254 g/mol. The summed E-state index contributed by atoms with van der Waals surface area (Å²) in [6.45, 7) is 7.43. The van der Waals surface area contributed by atoms with Crippen molar-refractivity contribution in [2.24, 2.45) is 5.92 Å². The van der Waals surface area contributed by atoms with Crippen LogP contribution in [0.2, 0.25) is 0 Å². The maximum atomic E-state index is 5.52. The van der Waals surface area contributed by atoms with E-state index in [1.807, 2.05) is 0 Å². The van der Waals surface area contributed by atoms with Crippen molar-refractivity contribution < 1.29 is 4.74 Å². The summed E-state index contributed by atoms with van der Waals surface area (Å²) >= 11 is 0. The highest BCUT2D eigenvalue weighted by Crippen LogP contribution is 2.26. The van der Waals surface area contributed by atoms with E-state index in [9.17, 15) is 0 Å². The molecule has 0 amide bonds. The minimum absolute atomic E-state index is 0.548. The Morgan fingerprint density at radius 2 is 2.28 bits per heavy atom. The molecule has 0 radical (unpaired) electrons. The van der Waals surface area contributed by atoms with Crippen molar-refractivity contribution in [3.63, 3.8) is 0 Å². The molecule has 1 saturated heterocycles. The molecule has 2 rings (SSSR count). The van der Waals surface area contributed by atoms with Crippen LogP contribution in [0.15, 0.2) is 0 Å². The monoisotopic (exact) mass is 254 g/mol. The third kappa shape index (κ3) is 4.52. The lowest BCUT2D eigenvalue weighted by molar-refractivity contribution is 0.0702. The van der Waals surface area contributed by atoms with Gasteiger partial charge in [-0.15, -0.1) is 0 Å².